The van der Waals surface area contributed by atoms with Gasteiger partial charge in [0, 0.05) is 55.1 Å². The zero-order valence-corrected chi connectivity index (χ0v) is 19.6. The zero-order valence-electron chi connectivity index (χ0n) is 19.6. The van der Waals surface area contributed by atoms with Crippen LogP contribution in [0.1, 0.15) is 34.3 Å². The first-order valence-electron chi connectivity index (χ1n) is 12.0. The molecule has 0 radical (unpaired) electrons. The Labute approximate surface area is 201 Å². The number of para-hydroxylation sites is 1. The molecule has 1 saturated heterocycles. The predicted molar refractivity (Wildman–Crippen MR) is 137 cm³/mol. The highest BCUT2D eigenvalue weighted by Gasteiger charge is 2.19. The Bertz CT molecular complexity index is 1240. The van der Waals surface area contributed by atoms with Gasteiger partial charge in [-0.25, -0.2) is 0 Å². The van der Waals surface area contributed by atoms with Gasteiger partial charge in [0.1, 0.15) is 0 Å². The third-order valence-electron chi connectivity index (χ3n) is 6.69. The van der Waals surface area contributed by atoms with Gasteiger partial charge in [-0.1, -0.05) is 60.7 Å². The van der Waals surface area contributed by atoms with Gasteiger partial charge >= 0.3 is 0 Å². The van der Waals surface area contributed by atoms with Gasteiger partial charge in [0.05, 0.1) is 5.56 Å². The Morgan fingerprint density at radius 1 is 0.941 bits per heavy atom. The molecule has 0 bridgehead atoms. The Morgan fingerprint density at radius 3 is 2.41 bits per heavy atom. The van der Waals surface area contributed by atoms with Crippen LogP contribution in [-0.2, 0) is 17.8 Å². The molecule has 174 valence electrons. The van der Waals surface area contributed by atoms with E-state index >= 15 is 0 Å². The number of carbonyl (C=O) groups is 1. The number of amides is 1. The van der Waals surface area contributed by atoms with Crippen LogP contribution in [0.4, 0.5) is 5.69 Å². The highest BCUT2D eigenvalue weighted by molar-refractivity contribution is 6.13. The number of nitrogens with one attached hydrogen (secondary N) is 1. The quantitative estimate of drug-likeness (QED) is 0.399. The van der Waals surface area contributed by atoms with Crippen molar-refractivity contribution in [1.82, 2.24) is 9.47 Å². The summed E-state index contributed by atoms with van der Waals surface area (Å²) in [5.74, 6) is -0.0879. The second-order valence-electron chi connectivity index (χ2n) is 9.08. The van der Waals surface area contributed by atoms with Gasteiger partial charge in [-0.2, -0.15) is 0 Å². The van der Waals surface area contributed by atoms with E-state index in [1.54, 1.807) is 0 Å². The average Bonchev–Trinajstić information content (AvgIpc) is 3.25. The molecule has 1 fully saturated rings. The minimum Gasteiger partial charge on any atom is -0.381 e. The number of carbonyl (C=O) groups excluding carboxylic acids is 1. The molecule has 0 saturated carbocycles. The van der Waals surface area contributed by atoms with E-state index in [1.807, 2.05) is 54.7 Å². The van der Waals surface area contributed by atoms with Crippen LogP contribution in [0.2, 0.25) is 0 Å². The summed E-state index contributed by atoms with van der Waals surface area (Å²) in [7, 11) is 2.18. The summed E-state index contributed by atoms with van der Waals surface area (Å²) in [5, 5.41) is 4.05. The van der Waals surface area contributed by atoms with Crippen molar-refractivity contribution in [2.24, 2.45) is 0 Å². The smallest absolute Gasteiger partial charge is 0.257 e. The molecule has 1 N–H and O–H groups in total. The molecule has 4 aromatic rings. The van der Waals surface area contributed by atoms with Crippen LogP contribution in [0, 0.1) is 0 Å². The minimum atomic E-state index is -0.0879. The molecule has 5 nitrogen and oxygen atoms in total. The van der Waals surface area contributed by atoms with E-state index in [0.717, 1.165) is 55.7 Å². The summed E-state index contributed by atoms with van der Waals surface area (Å²) >= 11 is 0. The molecular weight excluding hydrogens is 422 g/mol. The number of hydrogen-bond acceptors (Lipinski definition) is 3. The molecule has 5 rings (SSSR count). The van der Waals surface area contributed by atoms with Crippen molar-refractivity contribution in [2.75, 3.05) is 25.6 Å². The van der Waals surface area contributed by atoms with Crippen molar-refractivity contribution in [1.29, 1.82) is 0 Å². The highest BCUT2D eigenvalue weighted by atomic mass is 16.5. The van der Waals surface area contributed by atoms with Crippen LogP contribution in [0.15, 0.2) is 85.1 Å². The van der Waals surface area contributed by atoms with Gasteiger partial charge in [0.2, 0.25) is 0 Å². The van der Waals surface area contributed by atoms with Crippen molar-refractivity contribution in [3.05, 3.63) is 102 Å². The summed E-state index contributed by atoms with van der Waals surface area (Å²) in [6.07, 6.45) is 4.13. The summed E-state index contributed by atoms with van der Waals surface area (Å²) < 4.78 is 7.63. The lowest BCUT2D eigenvalue weighted by molar-refractivity contribution is 0.0407. The number of benzene rings is 3. The summed E-state index contributed by atoms with van der Waals surface area (Å²) in [4.78, 5) is 15.6. The zero-order chi connectivity index (χ0) is 23.3. The van der Waals surface area contributed by atoms with Gasteiger partial charge < -0.3 is 14.6 Å². The standard InChI is InChI=1S/C29H31N3O2/c1-31(25-15-17-34-18-16-25)19-23-11-13-24(14-12-23)30-29(33)27-21-32(20-22-7-3-2-4-8-22)28-10-6-5-9-26(27)28/h2-14,21,25H,15-20H2,1H3,(H,30,33). The topological polar surface area (TPSA) is 46.5 Å². The number of fused-ring (bicyclic) bond motifs is 1. The number of ether oxygens (including phenoxy) is 1. The molecule has 1 aromatic heterocycles. The van der Waals surface area contributed by atoms with Crippen LogP contribution in [0.5, 0.6) is 0 Å². The van der Waals surface area contributed by atoms with Crippen molar-refractivity contribution in [2.45, 2.75) is 32.0 Å². The first-order chi connectivity index (χ1) is 16.7. The lowest BCUT2D eigenvalue weighted by atomic mass is 10.1. The molecule has 1 aliphatic heterocycles. The molecule has 34 heavy (non-hydrogen) atoms. The second-order valence-corrected chi connectivity index (χ2v) is 9.08. The lowest BCUT2D eigenvalue weighted by Gasteiger charge is -2.31. The molecule has 2 heterocycles. The molecule has 3 aromatic carbocycles. The Morgan fingerprint density at radius 2 is 1.65 bits per heavy atom. The van der Waals surface area contributed by atoms with E-state index in [4.69, 9.17) is 4.74 Å². The third kappa shape index (κ3) is 5.06. The SMILES string of the molecule is CN(Cc1ccc(NC(=O)c2cn(Cc3ccccc3)c3ccccc23)cc1)C1CCOCC1. The first kappa shape index (κ1) is 22.4. The fourth-order valence-electron chi connectivity index (χ4n) is 4.77. The summed E-state index contributed by atoms with van der Waals surface area (Å²) in [6.45, 7) is 3.32. The molecule has 5 heteroatoms. The number of rotatable bonds is 7. The Balaban J connectivity index is 1.29. The summed E-state index contributed by atoms with van der Waals surface area (Å²) in [5.41, 5.74) is 5.00. The Hall–Kier alpha value is -3.41. The molecular formula is C29H31N3O2. The monoisotopic (exact) mass is 453 g/mol. The van der Waals surface area contributed by atoms with Crippen molar-refractivity contribution in [3.8, 4) is 0 Å². The normalized spacial score (nSPS) is 14.5. The van der Waals surface area contributed by atoms with Crippen LogP contribution in [-0.4, -0.2) is 41.7 Å². The molecule has 0 atom stereocenters. The first-order valence-corrected chi connectivity index (χ1v) is 12.0. The van der Waals surface area contributed by atoms with Crippen LogP contribution >= 0.6 is 0 Å². The number of anilines is 1. The van der Waals surface area contributed by atoms with E-state index in [-0.39, 0.29) is 5.91 Å². The number of hydrogen-bond donors (Lipinski definition) is 1. The van der Waals surface area contributed by atoms with E-state index in [9.17, 15) is 4.79 Å². The summed E-state index contributed by atoms with van der Waals surface area (Å²) in [6, 6.07) is 27.2. The van der Waals surface area contributed by atoms with Gasteiger partial charge in [0.25, 0.3) is 5.91 Å². The van der Waals surface area contributed by atoms with Crippen molar-refractivity contribution in [3.63, 3.8) is 0 Å². The van der Waals surface area contributed by atoms with E-state index < -0.39 is 0 Å². The van der Waals surface area contributed by atoms with E-state index in [0.29, 0.717) is 11.6 Å². The second kappa shape index (κ2) is 10.2. The molecule has 0 unspecified atom stereocenters. The molecule has 1 aliphatic rings. The highest BCUT2D eigenvalue weighted by Crippen LogP contribution is 2.24. The molecule has 1 amide bonds. The van der Waals surface area contributed by atoms with Crippen LogP contribution in [0.3, 0.4) is 0 Å². The van der Waals surface area contributed by atoms with Crippen LogP contribution < -0.4 is 5.32 Å². The van der Waals surface area contributed by atoms with Gasteiger partial charge in [-0.05, 0) is 49.2 Å². The van der Waals surface area contributed by atoms with Crippen LogP contribution in [0.25, 0.3) is 10.9 Å². The van der Waals surface area contributed by atoms with Crippen molar-refractivity contribution < 1.29 is 9.53 Å². The fraction of sp³-hybridized carbons (Fsp3) is 0.276. The van der Waals surface area contributed by atoms with Gasteiger partial charge in [-0.3, -0.25) is 9.69 Å². The predicted octanol–water partition coefficient (Wildman–Crippen LogP) is 5.55. The largest absolute Gasteiger partial charge is 0.381 e. The van der Waals surface area contributed by atoms with Gasteiger partial charge in [-0.15, -0.1) is 0 Å². The fourth-order valence-corrected chi connectivity index (χ4v) is 4.77. The molecule has 0 spiro atoms. The van der Waals surface area contributed by atoms with Gasteiger partial charge in [0.15, 0.2) is 0 Å². The minimum absolute atomic E-state index is 0.0879. The number of nitrogens with zero attached hydrogens (tertiary/aromatic N) is 2. The van der Waals surface area contributed by atoms with E-state index in [2.05, 4.69) is 52.2 Å². The van der Waals surface area contributed by atoms with Crippen molar-refractivity contribution >= 4 is 22.5 Å². The lowest BCUT2D eigenvalue weighted by Crippen LogP contribution is -2.36. The number of aromatic nitrogens is 1. The Kier molecular flexibility index (Phi) is 6.74. The maximum absolute atomic E-state index is 13.2. The third-order valence-corrected chi connectivity index (χ3v) is 6.69. The molecule has 0 aliphatic carbocycles. The van der Waals surface area contributed by atoms with E-state index in [1.165, 1.54) is 11.1 Å². The maximum atomic E-state index is 13.2. The average molecular weight is 454 g/mol. The maximum Gasteiger partial charge on any atom is 0.257 e.